The molecule has 1 aromatic heterocycles. The number of sulfonamides is 1. The Morgan fingerprint density at radius 3 is 2.77 bits per heavy atom. The van der Waals surface area contributed by atoms with Crippen LogP contribution in [-0.4, -0.2) is 44.6 Å². The van der Waals surface area contributed by atoms with Gasteiger partial charge in [0.1, 0.15) is 4.88 Å². The van der Waals surface area contributed by atoms with E-state index in [4.69, 9.17) is 4.74 Å². The number of benzene rings is 1. The van der Waals surface area contributed by atoms with Crippen LogP contribution in [0.4, 0.5) is 5.69 Å². The Hall–Kier alpha value is -2.26. The van der Waals surface area contributed by atoms with Crippen molar-refractivity contribution in [1.29, 1.82) is 0 Å². The van der Waals surface area contributed by atoms with E-state index in [9.17, 15) is 18.0 Å². The number of thiazole rings is 1. The van der Waals surface area contributed by atoms with E-state index in [1.807, 2.05) is 0 Å². The predicted molar refractivity (Wildman–Crippen MR) is 98.4 cm³/mol. The summed E-state index contributed by atoms with van der Waals surface area (Å²) < 4.78 is 30.2. The molecule has 0 bridgehead atoms. The largest absolute Gasteiger partial charge is 0.453 e. The summed E-state index contributed by atoms with van der Waals surface area (Å²) in [5.41, 5.74) is 1.80. The molecule has 0 amide bonds. The number of ether oxygens (including phenoxy) is 1. The average Bonchev–Trinajstić information content (AvgIpc) is 3.04. The van der Waals surface area contributed by atoms with Crippen LogP contribution in [0.2, 0.25) is 0 Å². The van der Waals surface area contributed by atoms with Crippen LogP contribution in [-0.2, 0) is 21.2 Å². The zero-order valence-corrected chi connectivity index (χ0v) is 16.0. The maximum Gasteiger partial charge on any atom is 0.350 e. The molecule has 3 rings (SSSR count). The van der Waals surface area contributed by atoms with Gasteiger partial charge in [0, 0.05) is 12.1 Å². The van der Waals surface area contributed by atoms with Crippen molar-refractivity contribution in [3.8, 4) is 0 Å². The molecule has 0 saturated heterocycles. The Bertz CT molecular complexity index is 965. The fourth-order valence-corrected chi connectivity index (χ4v) is 4.49. The summed E-state index contributed by atoms with van der Waals surface area (Å²) in [7, 11) is -3.35. The molecule has 0 unspecified atom stereocenters. The number of nitrogens with zero attached hydrogens (tertiary/aromatic N) is 2. The van der Waals surface area contributed by atoms with Gasteiger partial charge in [0.2, 0.25) is 10.0 Å². The standard InChI is InChI=1S/C17H18N2O5S2/c1-11-18-9-16(25-11)17(21)24-10-15(20)13-5-6-14-12(8-13)4-3-7-19(14)26(2,22)23/h5-6,8-9H,3-4,7,10H2,1-2H3. The molecule has 9 heteroatoms. The first-order valence-corrected chi connectivity index (χ1v) is 10.7. The van der Waals surface area contributed by atoms with Gasteiger partial charge in [-0.1, -0.05) is 0 Å². The van der Waals surface area contributed by atoms with Gasteiger partial charge in [-0.25, -0.2) is 18.2 Å². The Morgan fingerprint density at radius 1 is 1.35 bits per heavy atom. The zero-order chi connectivity index (χ0) is 18.9. The van der Waals surface area contributed by atoms with Crippen LogP contribution in [0.1, 0.15) is 37.0 Å². The molecule has 0 aliphatic carbocycles. The minimum atomic E-state index is -3.35. The van der Waals surface area contributed by atoms with E-state index in [2.05, 4.69) is 4.98 Å². The summed E-state index contributed by atoms with van der Waals surface area (Å²) in [6, 6.07) is 4.88. The van der Waals surface area contributed by atoms with Crippen LogP contribution in [0, 0.1) is 6.92 Å². The van der Waals surface area contributed by atoms with Gasteiger partial charge in [-0.2, -0.15) is 0 Å². The number of hydrogen-bond acceptors (Lipinski definition) is 7. The lowest BCUT2D eigenvalue weighted by molar-refractivity contribution is 0.0479. The SMILES string of the molecule is Cc1ncc(C(=O)OCC(=O)c2ccc3c(c2)CCCN3S(C)(=O)=O)s1. The minimum Gasteiger partial charge on any atom is -0.453 e. The number of fused-ring (bicyclic) bond motifs is 1. The normalized spacial score (nSPS) is 14.0. The van der Waals surface area contributed by atoms with Crippen LogP contribution < -0.4 is 4.31 Å². The monoisotopic (exact) mass is 394 g/mol. The van der Waals surface area contributed by atoms with Crippen LogP contribution in [0.5, 0.6) is 0 Å². The Morgan fingerprint density at radius 2 is 2.12 bits per heavy atom. The second-order valence-corrected chi connectivity index (χ2v) is 9.17. The van der Waals surface area contributed by atoms with Crippen LogP contribution >= 0.6 is 11.3 Å². The highest BCUT2D eigenvalue weighted by molar-refractivity contribution is 7.92. The minimum absolute atomic E-state index is 0.334. The molecule has 0 atom stereocenters. The number of Topliss-reactive ketones (excluding diaryl/α,β-unsaturated/α-hetero) is 1. The van der Waals surface area contributed by atoms with Crippen LogP contribution in [0.3, 0.4) is 0 Å². The molecule has 2 heterocycles. The maximum atomic E-state index is 12.3. The number of anilines is 1. The van der Waals surface area contributed by atoms with Crippen molar-refractivity contribution in [3.63, 3.8) is 0 Å². The molecular weight excluding hydrogens is 376 g/mol. The quantitative estimate of drug-likeness (QED) is 0.570. The lowest BCUT2D eigenvalue weighted by Gasteiger charge is -2.29. The second-order valence-electron chi connectivity index (χ2n) is 6.03. The molecular formula is C17H18N2O5S2. The third-order valence-electron chi connectivity index (χ3n) is 4.03. The highest BCUT2D eigenvalue weighted by Crippen LogP contribution is 2.30. The molecule has 7 nitrogen and oxygen atoms in total. The van der Waals surface area contributed by atoms with E-state index >= 15 is 0 Å². The molecule has 1 aliphatic heterocycles. The number of ketones is 1. The van der Waals surface area contributed by atoms with Crippen molar-refractivity contribution >= 4 is 38.8 Å². The molecule has 1 aliphatic rings. The molecule has 138 valence electrons. The molecule has 26 heavy (non-hydrogen) atoms. The molecule has 0 radical (unpaired) electrons. The van der Waals surface area contributed by atoms with Crippen LogP contribution in [0.25, 0.3) is 0 Å². The van der Waals surface area contributed by atoms with E-state index in [1.165, 1.54) is 28.1 Å². The summed E-state index contributed by atoms with van der Waals surface area (Å²) >= 11 is 1.21. The number of esters is 1. The number of aryl methyl sites for hydroxylation is 2. The van der Waals surface area contributed by atoms with Gasteiger partial charge >= 0.3 is 5.97 Å². The molecule has 0 fully saturated rings. The van der Waals surface area contributed by atoms with Crippen molar-refractivity contribution in [2.75, 3.05) is 23.7 Å². The van der Waals surface area contributed by atoms with Gasteiger partial charge < -0.3 is 4.74 Å². The number of carbonyl (C=O) groups is 2. The predicted octanol–water partition coefficient (Wildman–Crippen LogP) is 2.20. The van der Waals surface area contributed by atoms with E-state index in [0.29, 0.717) is 35.5 Å². The first-order valence-electron chi connectivity index (χ1n) is 7.99. The van der Waals surface area contributed by atoms with E-state index < -0.39 is 16.0 Å². The molecule has 1 aromatic carbocycles. The number of carbonyl (C=O) groups excluding carboxylic acids is 2. The number of rotatable bonds is 5. The highest BCUT2D eigenvalue weighted by atomic mass is 32.2. The highest BCUT2D eigenvalue weighted by Gasteiger charge is 2.25. The fraction of sp³-hybridized carbons (Fsp3) is 0.353. The summed E-state index contributed by atoms with van der Waals surface area (Å²) in [6.45, 7) is 1.84. The molecule has 0 N–H and O–H groups in total. The molecule has 0 saturated carbocycles. The smallest absolute Gasteiger partial charge is 0.350 e. The van der Waals surface area contributed by atoms with Crippen molar-refractivity contribution in [2.45, 2.75) is 19.8 Å². The molecule has 0 spiro atoms. The van der Waals surface area contributed by atoms with Crippen molar-refractivity contribution in [3.05, 3.63) is 45.4 Å². The number of aromatic nitrogens is 1. The summed E-state index contributed by atoms with van der Waals surface area (Å²) in [4.78, 5) is 28.6. The van der Waals surface area contributed by atoms with Gasteiger partial charge in [-0.05, 0) is 43.5 Å². The lowest BCUT2D eigenvalue weighted by atomic mass is 9.99. The van der Waals surface area contributed by atoms with E-state index in [-0.39, 0.29) is 12.4 Å². The fourth-order valence-electron chi connectivity index (χ4n) is 2.82. The van der Waals surface area contributed by atoms with E-state index in [0.717, 1.165) is 10.6 Å². The first kappa shape index (κ1) is 18.5. The summed E-state index contributed by atoms with van der Waals surface area (Å²) in [6.07, 6.45) is 3.98. The summed E-state index contributed by atoms with van der Waals surface area (Å²) in [5.74, 6) is -0.913. The topological polar surface area (TPSA) is 93.6 Å². The zero-order valence-electron chi connectivity index (χ0n) is 14.4. The van der Waals surface area contributed by atoms with Crippen molar-refractivity contribution in [1.82, 2.24) is 4.98 Å². The van der Waals surface area contributed by atoms with Gasteiger partial charge in [0.25, 0.3) is 0 Å². The Kier molecular flexibility index (Phi) is 5.10. The first-order chi connectivity index (χ1) is 12.3. The maximum absolute atomic E-state index is 12.3. The van der Waals surface area contributed by atoms with Crippen molar-refractivity contribution in [2.24, 2.45) is 0 Å². The van der Waals surface area contributed by atoms with Crippen LogP contribution in [0.15, 0.2) is 24.4 Å². The summed E-state index contributed by atoms with van der Waals surface area (Å²) in [5, 5.41) is 0.744. The van der Waals surface area contributed by atoms with Crippen molar-refractivity contribution < 1.29 is 22.7 Å². The van der Waals surface area contributed by atoms with Gasteiger partial charge in [0.15, 0.2) is 12.4 Å². The lowest BCUT2D eigenvalue weighted by Crippen LogP contribution is -2.34. The average molecular weight is 394 g/mol. The second kappa shape index (κ2) is 7.16. The number of hydrogen-bond donors (Lipinski definition) is 0. The third kappa shape index (κ3) is 3.94. The van der Waals surface area contributed by atoms with E-state index in [1.54, 1.807) is 25.1 Å². The molecule has 2 aromatic rings. The Labute approximate surface area is 155 Å². The van der Waals surface area contributed by atoms with Gasteiger partial charge in [0.05, 0.1) is 23.1 Å². The van der Waals surface area contributed by atoms with Gasteiger partial charge in [-0.15, -0.1) is 11.3 Å². The van der Waals surface area contributed by atoms with Gasteiger partial charge in [-0.3, -0.25) is 9.10 Å². The Balaban J connectivity index is 1.72. The third-order valence-corrected chi connectivity index (χ3v) is 6.11.